The Morgan fingerprint density at radius 3 is 2.43 bits per heavy atom. The summed E-state index contributed by atoms with van der Waals surface area (Å²) in [6.07, 6.45) is 11.8. The number of benzene rings is 2. The Morgan fingerprint density at radius 2 is 1.67 bits per heavy atom. The number of fused-ring (bicyclic) bond motifs is 1. The largest absolute Gasteiger partial charge is 0.322 e. The van der Waals surface area contributed by atoms with E-state index in [4.69, 9.17) is 0 Å². The highest BCUT2D eigenvalue weighted by atomic mass is 16.1. The van der Waals surface area contributed by atoms with Gasteiger partial charge in [-0.3, -0.25) is 4.79 Å². The van der Waals surface area contributed by atoms with Crippen molar-refractivity contribution in [3.63, 3.8) is 0 Å². The number of amides is 1. The van der Waals surface area contributed by atoms with Crippen LogP contribution in [0.4, 0.5) is 5.69 Å². The number of nitrogens with zero attached hydrogens (tertiary/aromatic N) is 1. The van der Waals surface area contributed by atoms with Gasteiger partial charge in [0.25, 0.3) is 5.91 Å². The van der Waals surface area contributed by atoms with Crippen LogP contribution in [0.2, 0.25) is 0 Å². The van der Waals surface area contributed by atoms with Crippen molar-refractivity contribution >= 4 is 17.7 Å². The van der Waals surface area contributed by atoms with Gasteiger partial charge in [0, 0.05) is 16.8 Å². The van der Waals surface area contributed by atoms with E-state index in [0.717, 1.165) is 47.6 Å². The van der Waals surface area contributed by atoms with Gasteiger partial charge in [-0.2, -0.15) is 0 Å². The Hall–Kier alpha value is -2.39. The first-order valence-corrected chi connectivity index (χ1v) is 11.5. The Balaban J connectivity index is 1.40. The summed E-state index contributed by atoms with van der Waals surface area (Å²) in [5.41, 5.74) is 5.61. The molecule has 2 aromatic carbocycles. The molecule has 1 fully saturated rings. The van der Waals surface area contributed by atoms with E-state index >= 15 is 0 Å². The molecule has 0 saturated heterocycles. The molecule has 0 aromatic heterocycles. The molecule has 3 nitrogen and oxygen atoms in total. The molecule has 0 radical (unpaired) electrons. The Kier molecular flexibility index (Phi) is 6.38. The van der Waals surface area contributed by atoms with E-state index in [2.05, 4.69) is 68.0 Å². The third kappa shape index (κ3) is 5.02. The molecule has 2 aromatic rings. The molecule has 0 unspecified atom stereocenters. The topological polar surface area (TPSA) is 29.1 Å². The number of rotatable bonds is 5. The van der Waals surface area contributed by atoms with Gasteiger partial charge in [-0.1, -0.05) is 42.8 Å². The minimum Gasteiger partial charge on any atom is -0.322 e. The maximum absolute atomic E-state index is 12.9. The summed E-state index contributed by atoms with van der Waals surface area (Å²) in [6.45, 7) is 1.04. The Labute approximate surface area is 181 Å². The van der Waals surface area contributed by atoms with Gasteiger partial charge in [0.1, 0.15) is 6.54 Å². The van der Waals surface area contributed by atoms with Crippen LogP contribution in [0.15, 0.2) is 54.1 Å². The lowest BCUT2D eigenvalue weighted by Gasteiger charge is -2.40. The van der Waals surface area contributed by atoms with E-state index in [1.54, 1.807) is 0 Å². The first kappa shape index (κ1) is 20.9. The molecule has 3 heteroatoms. The summed E-state index contributed by atoms with van der Waals surface area (Å²) in [5, 5.41) is 3.11. The van der Waals surface area contributed by atoms with Crippen LogP contribution in [0.1, 0.15) is 61.6 Å². The minimum atomic E-state index is 0.0257. The van der Waals surface area contributed by atoms with Gasteiger partial charge in [0.15, 0.2) is 0 Å². The van der Waals surface area contributed by atoms with E-state index in [1.165, 1.54) is 48.8 Å². The molecule has 4 rings (SSSR count). The van der Waals surface area contributed by atoms with Crippen molar-refractivity contribution in [3.05, 3.63) is 70.8 Å². The van der Waals surface area contributed by atoms with E-state index in [0.29, 0.717) is 0 Å². The van der Waals surface area contributed by atoms with Crippen molar-refractivity contribution in [2.45, 2.75) is 64.0 Å². The average Bonchev–Trinajstić information content (AvgIpc) is 2.98. The molecule has 0 heterocycles. The molecule has 158 valence electrons. The average molecular weight is 404 g/mol. The van der Waals surface area contributed by atoms with E-state index in [9.17, 15) is 4.79 Å². The molecular formula is C27H35N2O+. The zero-order valence-electron chi connectivity index (χ0n) is 18.5. The number of carbonyl (C=O) groups excluding carboxylic acids is 1. The molecule has 0 bridgehead atoms. The normalized spacial score (nSPS) is 17.6. The summed E-state index contributed by atoms with van der Waals surface area (Å²) in [5.74, 6) is 0.0257. The van der Waals surface area contributed by atoms with Crippen molar-refractivity contribution < 1.29 is 9.28 Å². The first-order valence-electron chi connectivity index (χ1n) is 11.5. The predicted octanol–water partition coefficient (Wildman–Crippen LogP) is 5.95. The smallest absolute Gasteiger partial charge is 0.251 e. The van der Waals surface area contributed by atoms with E-state index in [-0.39, 0.29) is 5.91 Å². The third-order valence-corrected chi connectivity index (χ3v) is 6.93. The van der Waals surface area contributed by atoms with Crippen molar-refractivity contribution in [1.82, 2.24) is 0 Å². The lowest BCUT2D eigenvalue weighted by atomic mass is 9.92. The standard InChI is InChI=1S/C27H34N2O/c1-29(2,26-13-4-3-5-14-26)20-21-15-17-25(18-16-21)28-27(30)24-12-8-11-22-9-6-7-10-23(22)19-24/h6-7,9-10,15-19,26H,3-5,8,11-14,20H2,1-2H3/p+1. The summed E-state index contributed by atoms with van der Waals surface area (Å²) < 4.78 is 1.05. The maximum atomic E-state index is 12.9. The molecule has 1 saturated carbocycles. The zero-order chi connectivity index (χ0) is 21.0. The second-order valence-electron chi connectivity index (χ2n) is 9.60. The first-order chi connectivity index (χ1) is 14.5. The highest BCUT2D eigenvalue weighted by molar-refractivity contribution is 6.06. The highest BCUT2D eigenvalue weighted by Gasteiger charge is 2.29. The number of carbonyl (C=O) groups is 1. The van der Waals surface area contributed by atoms with Gasteiger partial charge >= 0.3 is 0 Å². The Morgan fingerprint density at radius 1 is 0.933 bits per heavy atom. The van der Waals surface area contributed by atoms with Crippen LogP contribution < -0.4 is 5.32 Å². The SMILES string of the molecule is C[N+](C)(Cc1ccc(NC(=O)C2=Cc3ccccc3CCC2)cc1)C1CCCCC1. The molecule has 30 heavy (non-hydrogen) atoms. The summed E-state index contributed by atoms with van der Waals surface area (Å²) in [7, 11) is 4.73. The van der Waals surface area contributed by atoms with Gasteiger partial charge in [0.05, 0.1) is 20.1 Å². The van der Waals surface area contributed by atoms with Crippen molar-refractivity contribution in [1.29, 1.82) is 0 Å². The fourth-order valence-corrected chi connectivity index (χ4v) is 5.10. The van der Waals surface area contributed by atoms with Crippen LogP contribution >= 0.6 is 0 Å². The van der Waals surface area contributed by atoms with Crippen LogP contribution in [0.5, 0.6) is 0 Å². The number of aryl methyl sites for hydroxylation is 1. The number of quaternary nitrogens is 1. The summed E-state index contributed by atoms with van der Waals surface area (Å²) in [6, 6.07) is 17.6. The van der Waals surface area contributed by atoms with Crippen LogP contribution in [-0.4, -0.2) is 30.5 Å². The minimum absolute atomic E-state index is 0.0257. The molecular weight excluding hydrogens is 368 g/mol. The fraction of sp³-hybridized carbons (Fsp3) is 0.444. The second kappa shape index (κ2) is 9.18. The van der Waals surface area contributed by atoms with Crippen LogP contribution in [0, 0.1) is 0 Å². The maximum Gasteiger partial charge on any atom is 0.251 e. The van der Waals surface area contributed by atoms with Gasteiger partial charge in [-0.25, -0.2) is 0 Å². The molecule has 0 spiro atoms. The second-order valence-corrected chi connectivity index (χ2v) is 9.60. The third-order valence-electron chi connectivity index (χ3n) is 6.93. The molecule has 2 aliphatic rings. The lowest BCUT2D eigenvalue weighted by Crippen LogP contribution is -2.48. The van der Waals surface area contributed by atoms with Crippen LogP contribution in [0.25, 0.3) is 6.08 Å². The van der Waals surface area contributed by atoms with Crippen LogP contribution in [0.3, 0.4) is 0 Å². The van der Waals surface area contributed by atoms with Gasteiger partial charge in [-0.15, -0.1) is 0 Å². The van der Waals surface area contributed by atoms with E-state index in [1.807, 2.05) is 6.07 Å². The number of anilines is 1. The van der Waals surface area contributed by atoms with Crippen molar-refractivity contribution in [3.8, 4) is 0 Å². The fourth-order valence-electron chi connectivity index (χ4n) is 5.10. The van der Waals surface area contributed by atoms with Crippen LogP contribution in [-0.2, 0) is 17.8 Å². The number of hydrogen-bond acceptors (Lipinski definition) is 1. The summed E-state index contributed by atoms with van der Waals surface area (Å²) >= 11 is 0. The molecule has 0 atom stereocenters. The number of nitrogens with one attached hydrogen (secondary N) is 1. The number of hydrogen-bond donors (Lipinski definition) is 1. The highest BCUT2D eigenvalue weighted by Crippen LogP contribution is 2.28. The molecule has 1 N–H and O–H groups in total. The Bertz CT molecular complexity index is 905. The van der Waals surface area contributed by atoms with Crippen molar-refractivity contribution in [2.24, 2.45) is 0 Å². The monoisotopic (exact) mass is 403 g/mol. The van der Waals surface area contributed by atoms with Crippen molar-refractivity contribution in [2.75, 3.05) is 19.4 Å². The van der Waals surface area contributed by atoms with Gasteiger partial charge in [-0.05, 0) is 74.3 Å². The molecule has 2 aliphatic carbocycles. The van der Waals surface area contributed by atoms with Gasteiger partial charge in [0.2, 0.25) is 0 Å². The molecule has 1 amide bonds. The van der Waals surface area contributed by atoms with E-state index < -0.39 is 0 Å². The lowest BCUT2D eigenvalue weighted by molar-refractivity contribution is -0.929. The quantitative estimate of drug-likeness (QED) is 0.614. The molecule has 0 aliphatic heterocycles. The summed E-state index contributed by atoms with van der Waals surface area (Å²) in [4.78, 5) is 12.9. The van der Waals surface area contributed by atoms with Gasteiger partial charge < -0.3 is 9.80 Å². The predicted molar refractivity (Wildman–Crippen MR) is 125 cm³/mol. The zero-order valence-corrected chi connectivity index (χ0v) is 18.5.